The molecule has 0 saturated carbocycles. The Hall–Kier alpha value is -2.31. The third kappa shape index (κ3) is 2.91. The van der Waals surface area contributed by atoms with E-state index < -0.39 is 0 Å². The maximum atomic E-state index is 13.1. The smallest absolute Gasteiger partial charge is 0.148 e. The van der Waals surface area contributed by atoms with Gasteiger partial charge in [0.25, 0.3) is 0 Å². The maximum absolute atomic E-state index is 13.1. The van der Waals surface area contributed by atoms with Gasteiger partial charge in [-0.15, -0.1) is 6.42 Å². The van der Waals surface area contributed by atoms with Crippen LogP contribution < -0.4 is 10.1 Å². The van der Waals surface area contributed by atoms with Gasteiger partial charge in [-0.1, -0.05) is 24.1 Å². The predicted molar refractivity (Wildman–Crippen MR) is 80.7 cm³/mol. The van der Waals surface area contributed by atoms with Crippen molar-refractivity contribution in [1.82, 2.24) is 5.32 Å². The normalized spacial score (nSPS) is 16.9. The van der Waals surface area contributed by atoms with Gasteiger partial charge in [0.1, 0.15) is 18.2 Å². The van der Waals surface area contributed by atoms with Gasteiger partial charge >= 0.3 is 0 Å². The zero-order valence-electron chi connectivity index (χ0n) is 11.6. The van der Waals surface area contributed by atoms with E-state index in [-0.39, 0.29) is 18.5 Å². The molecule has 3 heteroatoms. The fourth-order valence-corrected chi connectivity index (χ4v) is 2.70. The Kier molecular flexibility index (Phi) is 3.89. The minimum Gasteiger partial charge on any atom is -0.481 e. The molecule has 0 amide bonds. The van der Waals surface area contributed by atoms with Gasteiger partial charge in [-0.05, 0) is 47.4 Å². The van der Waals surface area contributed by atoms with Gasteiger partial charge in [-0.25, -0.2) is 4.39 Å². The van der Waals surface area contributed by atoms with Crippen LogP contribution in [0.2, 0.25) is 0 Å². The molecule has 2 nitrogen and oxygen atoms in total. The molecule has 1 N–H and O–H groups in total. The Morgan fingerprint density at radius 1 is 1.24 bits per heavy atom. The zero-order valence-corrected chi connectivity index (χ0v) is 11.6. The average molecular weight is 281 g/mol. The summed E-state index contributed by atoms with van der Waals surface area (Å²) in [4.78, 5) is 0. The molecular formula is C18H16FNO. The van der Waals surface area contributed by atoms with Gasteiger partial charge in [0.15, 0.2) is 0 Å². The van der Waals surface area contributed by atoms with Crippen molar-refractivity contribution in [3.05, 3.63) is 65.0 Å². The minimum absolute atomic E-state index is 0.0590. The van der Waals surface area contributed by atoms with Crippen molar-refractivity contribution in [2.75, 3.05) is 13.2 Å². The molecule has 3 rings (SSSR count). The number of nitrogens with one attached hydrogen (secondary N) is 1. The Labute approximate surface area is 124 Å². The van der Waals surface area contributed by atoms with Crippen LogP contribution in [0.5, 0.6) is 5.75 Å². The summed E-state index contributed by atoms with van der Waals surface area (Å²) in [5.74, 6) is 3.01. The van der Waals surface area contributed by atoms with Crippen molar-refractivity contribution >= 4 is 0 Å². The SMILES string of the molecule is C#CCOc1ccc2c(c1)C(c1ccc(F)cc1)NCC2. The fraction of sp³-hybridized carbons (Fsp3) is 0.222. The van der Waals surface area contributed by atoms with E-state index in [0.717, 1.165) is 24.3 Å². The highest BCUT2D eigenvalue weighted by molar-refractivity contribution is 5.44. The highest BCUT2D eigenvalue weighted by Crippen LogP contribution is 2.31. The Balaban J connectivity index is 1.95. The molecule has 1 aliphatic rings. The van der Waals surface area contributed by atoms with E-state index in [4.69, 9.17) is 11.2 Å². The van der Waals surface area contributed by atoms with Crippen LogP contribution >= 0.6 is 0 Å². The first-order valence-electron chi connectivity index (χ1n) is 6.96. The van der Waals surface area contributed by atoms with E-state index in [1.54, 1.807) is 0 Å². The van der Waals surface area contributed by atoms with Gasteiger partial charge < -0.3 is 10.1 Å². The lowest BCUT2D eigenvalue weighted by molar-refractivity contribution is 0.369. The highest BCUT2D eigenvalue weighted by Gasteiger charge is 2.21. The lowest BCUT2D eigenvalue weighted by Crippen LogP contribution is -2.30. The molecular weight excluding hydrogens is 265 g/mol. The summed E-state index contributed by atoms with van der Waals surface area (Å²) in [6.45, 7) is 1.16. The number of rotatable bonds is 3. The van der Waals surface area contributed by atoms with Gasteiger partial charge in [0.05, 0.1) is 6.04 Å². The molecule has 0 radical (unpaired) electrons. The molecule has 2 aromatic rings. The van der Waals surface area contributed by atoms with Gasteiger partial charge in [-0.3, -0.25) is 0 Å². The molecule has 0 fully saturated rings. The summed E-state index contributed by atoms with van der Waals surface area (Å²) in [6.07, 6.45) is 6.20. The van der Waals surface area contributed by atoms with Crippen molar-refractivity contribution in [1.29, 1.82) is 0 Å². The van der Waals surface area contributed by atoms with E-state index in [9.17, 15) is 4.39 Å². The third-order valence-electron chi connectivity index (χ3n) is 3.70. The maximum Gasteiger partial charge on any atom is 0.148 e. The largest absolute Gasteiger partial charge is 0.481 e. The number of ether oxygens (including phenoxy) is 1. The topological polar surface area (TPSA) is 21.3 Å². The van der Waals surface area contributed by atoms with Crippen LogP contribution in [0, 0.1) is 18.2 Å². The predicted octanol–water partition coefficient (Wildman–Crippen LogP) is 3.07. The van der Waals surface area contributed by atoms with Crippen LogP contribution in [0.25, 0.3) is 0 Å². The second kappa shape index (κ2) is 5.99. The first-order chi connectivity index (χ1) is 10.3. The van der Waals surface area contributed by atoms with Gasteiger partial charge in [0.2, 0.25) is 0 Å². The molecule has 0 aromatic heterocycles. The number of terminal acetylenes is 1. The van der Waals surface area contributed by atoms with Crippen LogP contribution in [0.1, 0.15) is 22.7 Å². The van der Waals surface area contributed by atoms with E-state index in [2.05, 4.69) is 17.3 Å². The lowest BCUT2D eigenvalue weighted by atomic mass is 9.90. The zero-order chi connectivity index (χ0) is 14.7. The lowest BCUT2D eigenvalue weighted by Gasteiger charge is -2.28. The molecule has 106 valence electrons. The standard InChI is InChI=1S/C18H16FNO/c1-2-11-21-16-8-5-13-9-10-20-18(17(13)12-16)14-3-6-15(19)7-4-14/h1,3-8,12,18,20H,9-11H2. The molecule has 0 aliphatic carbocycles. The van der Waals surface area contributed by atoms with E-state index in [1.165, 1.54) is 23.3 Å². The summed E-state index contributed by atoms with van der Waals surface area (Å²) in [5, 5.41) is 3.48. The first-order valence-corrected chi connectivity index (χ1v) is 6.96. The van der Waals surface area contributed by atoms with Crippen LogP contribution in [-0.4, -0.2) is 13.2 Å². The second-order valence-electron chi connectivity index (χ2n) is 5.04. The molecule has 0 bridgehead atoms. The van der Waals surface area contributed by atoms with E-state index in [0.29, 0.717) is 0 Å². The van der Waals surface area contributed by atoms with Crippen LogP contribution in [-0.2, 0) is 6.42 Å². The fourth-order valence-electron chi connectivity index (χ4n) is 2.70. The Bertz CT molecular complexity index is 673. The van der Waals surface area contributed by atoms with Crippen molar-refractivity contribution < 1.29 is 9.13 Å². The van der Waals surface area contributed by atoms with Gasteiger partial charge in [-0.2, -0.15) is 0 Å². The highest BCUT2D eigenvalue weighted by atomic mass is 19.1. The molecule has 2 aromatic carbocycles. The summed E-state index contributed by atoms with van der Waals surface area (Å²) in [6, 6.07) is 12.7. The number of hydrogen-bond donors (Lipinski definition) is 1. The molecule has 0 spiro atoms. The number of halogens is 1. The monoisotopic (exact) mass is 281 g/mol. The van der Waals surface area contributed by atoms with Crippen molar-refractivity contribution in [3.63, 3.8) is 0 Å². The van der Waals surface area contributed by atoms with Crippen LogP contribution in [0.4, 0.5) is 4.39 Å². The van der Waals surface area contributed by atoms with Gasteiger partial charge in [0, 0.05) is 6.54 Å². The van der Waals surface area contributed by atoms with Crippen molar-refractivity contribution in [2.45, 2.75) is 12.5 Å². The summed E-state index contributed by atoms with van der Waals surface area (Å²) in [5.41, 5.74) is 3.50. The molecule has 1 atom stereocenters. The van der Waals surface area contributed by atoms with Crippen molar-refractivity contribution in [2.24, 2.45) is 0 Å². The third-order valence-corrected chi connectivity index (χ3v) is 3.70. The molecule has 1 aliphatic heterocycles. The summed E-state index contributed by atoms with van der Waals surface area (Å²) >= 11 is 0. The van der Waals surface area contributed by atoms with E-state index in [1.807, 2.05) is 24.3 Å². The Morgan fingerprint density at radius 3 is 2.81 bits per heavy atom. The van der Waals surface area contributed by atoms with E-state index >= 15 is 0 Å². The first kappa shape index (κ1) is 13.7. The quantitative estimate of drug-likeness (QED) is 0.873. The molecule has 21 heavy (non-hydrogen) atoms. The minimum atomic E-state index is -0.221. The Morgan fingerprint density at radius 2 is 2.05 bits per heavy atom. The summed E-state index contributed by atoms with van der Waals surface area (Å²) in [7, 11) is 0. The second-order valence-corrected chi connectivity index (χ2v) is 5.04. The molecule has 0 saturated heterocycles. The van der Waals surface area contributed by atoms with Crippen LogP contribution in [0.3, 0.4) is 0 Å². The molecule has 1 unspecified atom stereocenters. The summed E-state index contributed by atoms with van der Waals surface area (Å²) < 4.78 is 18.6. The molecule has 1 heterocycles. The number of fused-ring (bicyclic) bond motifs is 1. The van der Waals surface area contributed by atoms with Crippen molar-refractivity contribution in [3.8, 4) is 18.1 Å². The number of benzene rings is 2. The number of hydrogen-bond acceptors (Lipinski definition) is 2. The van der Waals surface area contributed by atoms with Crippen LogP contribution in [0.15, 0.2) is 42.5 Å². The average Bonchev–Trinajstić information content (AvgIpc) is 2.53.